The summed E-state index contributed by atoms with van der Waals surface area (Å²) >= 11 is 1.31. The van der Waals surface area contributed by atoms with Gasteiger partial charge in [-0.3, -0.25) is 4.79 Å². The van der Waals surface area contributed by atoms with Crippen LogP contribution in [0.4, 0.5) is 5.00 Å². The third-order valence-corrected chi connectivity index (χ3v) is 5.92. The van der Waals surface area contributed by atoms with Gasteiger partial charge in [0.2, 0.25) is 0 Å². The van der Waals surface area contributed by atoms with E-state index in [2.05, 4.69) is 5.32 Å². The molecule has 174 valence electrons. The first-order chi connectivity index (χ1) is 15.9. The molecule has 0 fully saturated rings. The molecule has 0 unspecified atom stereocenters. The fourth-order valence-electron chi connectivity index (χ4n) is 3.34. The second-order valence-corrected chi connectivity index (χ2v) is 8.31. The van der Waals surface area contributed by atoms with Gasteiger partial charge in [-0.1, -0.05) is 24.3 Å². The molecular formula is C25H27NO6S. The lowest BCUT2D eigenvalue weighted by atomic mass is 10.0. The number of benzene rings is 2. The number of aryl methyl sites for hydroxylation is 1. The maximum absolute atomic E-state index is 12.9. The van der Waals surface area contributed by atoms with Crippen LogP contribution < -0.4 is 19.5 Å². The van der Waals surface area contributed by atoms with Crippen molar-refractivity contribution in [2.45, 2.75) is 26.9 Å². The zero-order valence-electron chi connectivity index (χ0n) is 19.3. The lowest BCUT2D eigenvalue weighted by Crippen LogP contribution is -2.30. The number of para-hydroxylation sites is 1. The topological polar surface area (TPSA) is 83.1 Å². The fraction of sp³-hybridized carbons (Fsp3) is 0.280. The van der Waals surface area contributed by atoms with Gasteiger partial charge in [0.25, 0.3) is 5.91 Å². The first kappa shape index (κ1) is 24.1. The van der Waals surface area contributed by atoms with Crippen molar-refractivity contribution in [3.63, 3.8) is 0 Å². The molecule has 0 radical (unpaired) electrons. The van der Waals surface area contributed by atoms with Crippen LogP contribution in [0.1, 0.15) is 29.1 Å². The summed E-state index contributed by atoms with van der Waals surface area (Å²) in [6.45, 7) is 5.49. The SMILES string of the molecule is CCOC(=O)c1c(NC(=O)[C@H](C)Oc2ccccc2)sc(C)c1-c1ccc(OC)c(OC)c1. The molecule has 0 bridgehead atoms. The molecule has 1 amide bonds. The highest BCUT2D eigenvalue weighted by atomic mass is 32.1. The second-order valence-electron chi connectivity index (χ2n) is 7.09. The van der Waals surface area contributed by atoms with Crippen LogP contribution >= 0.6 is 11.3 Å². The Balaban J connectivity index is 1.97. The molecule has 33 heavy (non-hydrogen) atoms. The van der Waals surface area contributed by atoms with E-state index in [4.69, 9.17) is 18.9 Å². The Labute approximate surface area is 197 Å². The van der Waals surface area contributed by atoms with E-state index in [1.54, 1.807) is 52.3 Å². The van der Waals surface area contributed by atoms with E-state index in [-0.39, 0.29) is 12.5 Å². The molecule has 0 spiro atoms. The Hall–Kier alpha value is -3.52. The number of esters is 1. The highest BCUT2D eigenvalue weighted by Gasteiger charge is 2.27. The van der Waals surface area contributed by atoms with E-state index in [1.807, 2.05) is 31.2 Å². The van der Waals surface area contributed by atoms with E-state index in [0.717, 1.165) is 10.4 Å². The number of ether oxygens (including phenoxy) is 4. The number of thiophene rings is 1. The molecule has 0 saturated carbocycles. The van der Waals surface area contributed by atoms with Crippen molar-refractivity contribution in [3.05, 3.63) is 59.0 Å². The number of amides is 1. The third kappa shape index (κ3) is 5.46. The molecular weight excluding hydrogens is 442 g/mol. The van der Waals surface area contributed by atoms with Gasteiger partial charge in [-0.25, -0.2) is 4.79 Å². The number of carbonyl (C=O) groups excluding carboxylic acids is 2. The molecule has 1 aromatic heterocycles. The van der Waals surface area contributed by atoms with Gasteiger partial charge in [0.15, 0.2) is 17.6 Å². The summed E-state index contributed by atoms with van der Waals surface area (Å²) < 4.78 is 21.8. The quantitative estimate of drug-likeness (QED) is 0.427. The average molecular weight is 470 g/mol. The van der Waals surface area contributed by atoms with Crippen LogP contribution in [0.3, 0.4) is 0 Å². The molecule has 1 heterocycles. The summed E-state index contributed by atoms with van der Waals surface area (Å²) in [6.07, 6.45) is -0.769. The van der Waals surface area contributed by atoms with Crippen molar-refractivity contribution in [2.75, 3.05) is 26.1 Å². The summed E-state index contributed by atoms with van der Waals surface area (Å²) in [5.41, 5.74) is 1.72. The van der Waals surface area contributed by atoms with Crippen molar-refractivity contribution in [1.82, 2.24) is 0 Å². The number of hydrogen-bond acceptors (Lipinski definition) is 7. The van der Waals surface area contributed by atoms with Gasteiger partial charge in [-0.15, -0.1) is 11.3 Å². The molecule has 2 aromatic carbocycles. The Morgan fingerprint density at radius 1 is 1.03 bits per heavy atom. The molecule has 8 heteroatoms. The predicted octanol–water partition coefficient (Wildman–Crippen LogP) is 5.32. The molecule has 3 aromatic rings. The molecule has 0 saturated heterocycles. The van der Waals surface area contributed by atoms with Crippen molar-refractivity contribution >= 4 is 28.2 Å². The largest absolute Gasteiger partial charge is 0.493 e. The van der Waals surface area contributed by atoms with E-state index in [9.17, 15) is 9.59 Å². The first-order valence-electron chi connectivity index (χ1n) is 10.4. The molecule has 1 atom stereocenters. The number of methoxy groups -OCH3 is 2. The van der Waals surface area contributed by atoms with E-state index in [0.29, 0.717) is 33.4 Å². The highest BCUT2D eigenvalue weighted by Crippen LogP contribution is 2.43. The fourth-order valence-corrected chi connectivity index (χ4v) is 4.41. The molecule has 1 N–H and O–H groups in total. The number of anilines is 1. The molecule has 0 aliphatic heterocycles. The van der Waals surface area contributed by atoms with Crippen LogP contribution in [0.5, 0.6) is 17.2 Å². The van der Waals surface area contributed by atoms with Gasteiger partial charge in [-0.2, -0.15) is 0 Å². The predicted molar refractivity (Wildman–Crippen MR) is 129 cm³/mol. The van der Waals surface area contributed by atoms with Gasteiger partial charge in [-0.05, 0) is 50.6 Å². The van der Waals surface area contributed by atoms with Gasteiger partial charge < -0.3 is 24.3 Å². The van der Waals surface area contributed by atoms with Gasteiger partial charge in [0, 0.05) is 10.4 Å². The van der Waals surface area contributed by atoms with Gasteiger partial charge in [0.05, 0.1) is 20.8 Å². The molecule has 7 nitrogen and oxygen atoms in total. The van der Waals surface area contributed by atoms with Crippen LogP contribution in [0.2, 0.25) is 0 Å². The highest BCUT2D eigenvalue weighted by molar-refractivity contribution is 7.17. The number of nitrogens with one attached hydrogen (secondary N) is 1. The average Bonchev–Trinajstić information content (AvgIpc) is 3.14. The van der Waals surface area contributed by atoms with Crippen LogP contribution in [0.15, 0.2) is 48.5 Å². The Morgan fingerprint density at radius 2 is 1.73 bits per heavy atom. The number of hydrogen-bond donors (Lipinski definition) is 1. The van der Waals surface area contributed by atoms with Crippen LogP contribution in [-0.4, -0.2) is 38.8 Å². The minimum atomic E-state index is -0.769. The van der Waals surface area contributed by atoms with Crippen molar-refractivity contribution in [1.29, 1.82) is 0 Å². The minimum Gasteiger partial charge on any atom is -0.493 e. The third-order valence-electron chi connectivity index (χ3n) is 4.90. The Bertz CT molecular complexity index is 1130. The number of carbonyl (C=O) groups is 2. The second kappa shape index (κ2) is 10.9. The van der Waals surface area contributed by atoms with E-state index >= 15 is 0 Å². The normalized spacial score (nSPS) is 11.4. The van der Waals surface area contributed by atoms with Gasteiger partial charge >= 0.3 is 5.97 Å². The minimum absolute atomic E-state index is 0.208. The maximum atomic E-state index is 12.9. The Morgan fingerprint density at radius 3 is 2.36 bits per heavy atom. The first-order valence-corrected chi connectivity index (χ1v) is 11.3. The molecule has 3 rings (SSSR count). The Kier molecular flexibility index (Phi) is 7.95. The monoisotopic (exact) mass is 469 g/mol. The standard InChI is InChI=1S/C25H27NO6S/c1-6-31-25(28)22-21(17-12-13-19(29-4)20(14-17)30-5)16(3)33-24(22)26-23(27)15(2)32-18-10-8-7-9-11-18/h7-15H,6H2,1-5H3,(H,26,27)/t15-/m0/s1. The zero-order chi connectivity index (χ0) is 24.0. The summed E-state index contributed by atoms with van der Waals surface area (Å²) in [5.74, 6) is 0.806. The summed E-state index contributed by atoms with van der Waals surface area (Å²) in [4.78, 5) is 26.7. The summed E-state index contributed by atoms with van der Waals surface area (Å²) in [5, 5.41) is 3.26. The lowest BCUT2D eigenvalue weighted by molar-refractivity contribution is -0.122. The molecule has 0 aliphatic rings. The maximum Gasteiger partial charge on any atom is 0.341 e. The van der Waals surface area contributed by atoms with Crippen molar-refractivity contribution in [3.8, 4) is 28.4 Å². The summed E-state index contributed by atoms with van der Waals surface area (Å²) in [6, 6.07) is 14.5. The van der Waals surface area contributed by atoms with Crippen molar-refractivity contribution in [2.24, 2.45) is 0 Å². The van der Waals surface area contributed by atoms with Crippen molar-refractivity contribution < 1.29 is 28.5 Å². The number of rotatable bonds is 9. The van der Waals surface area contributed by atoms with Crippen LogP contribution in [0, 0.1) is 6.92 Å². The van der Waals surface area contributed by atoms with Crippen LogP contribution in [-0.2, 0) is 9.53 Å². The van der Waals surface area contributed by atoms with E-state index < -0.39 is 12.1 Å². The molecule has 0 aliphatic carbocycles. The summed E-state index contributed by atoms with van der Waals surface area (Å²) in [7, 11) is 3.11. The zero-order valence-corrected chi connectivity index (χ0v) is 20.1. The van der Waals surface area contributed by atoms with E-state index in [1.165, 1.54) is 11.3 Å². The smallest absolute Gasteiger partial charge is 0.341 e. The van der Waals surface area contributed by atoms with Gasteiger partial charge in [0.1, 0.15) is 16.3 Å². The van der Waals surface area contributed by atoms with Crippen LogP contribution in [0.25, 0.3) is 11.1 Å². The lowest BCUT2D eigenvalue weighted by Gasteiger charge is -2.15.